The van der Waals surface area contributed by atoms with Crippen molar-refractivity contribution in [2.24, 2.45) is 0 Å². The second-order valence-corrected chi connectivity index (χ2v) is 16.9. The largest absolute Gasteiger partial charge is 0.507 e. The molecule has 0 saturated carbocycles. The maximum atomic E-state index is 12.3. The highest BCUT2D eigenvalue weighted by Crippen LogP contribution is 2.46. The molecule has 9 rings (SSSR count). The summed E-state index contributed by atoms with van der Waals surface area (Å²) in [5.74, 6) is 0.956. The lowest BCUT2D eigenvalue weighted by molar-refractivity contribution is 0.446. The fourth-order valence-corrected chi connectivity index (χ4v) is 8.09. The van der Waals surface area contributed by atoms with Gasteiger partial charge in [-0.15, -0.1) is 0 Å². The SMILES string of the molecule is CC(C)(C)c1cc(-c2nc3c(-c4cc(-c5nccc6ccccc56)c5ccccc5c4)cccc3n2-c2ccccc2-c2ccccc2)c(O)c(C(C)(C)C)c1. The Bertz CT molecular complexity index is 2940. The third-order valence-corrected chi connectivity index (χ3v) is 11.0. The average Bonchev–Trinajstić information content (AvgIpc) is 3.59. The quantitative estimate of drug-likeness (QED) is 0.192. The molecule has 0 unspecified atom stereocenters. The van der Waals surface area contributed by atoms with Crippen LogP contribution in [-0.2, 0) is 10.8 Å². The van der Waals surface area contributed by atoms with Gasteiger partial charge in [-0.25, -0.2) is 4.98 Å². The van der Waals surface area contributed by atoms with Crippen molar-refractivity contribution in [2.75, 3.05) is 0 Å². The van der Waals surface area contributed by atoms with E-state index in [-0.39, 0.29) is 16.6 Å². The average molecular weight is 728 g/mol. The minimum absolute atomic E-state index is 0.163. The highest BCUT2D eigenvalue weighted by molar-refractivity contribution is 6.07. The lowest BCUT2D eigenvalue weighted by atomic mass is 9.79. The van der Waals surface area contributed by atoms with E-state index in [4.69, 9.17) is 9.97 Å². The van der Waals surface area contributed by atoms with E-state index in [1.165, 1.54) is 0 Å². The Kier molecular flexibility index (Phi) is 8.39. The molecule has 0 fully saturated rings. The molecule has 2 aromatic heterocycles. The summed E-state index contributed by atoms with van der Waals surface area (Å²) in [6.45, 7) is 13.2. The van der Waals surface area contributed by atoms with Gasteiger partial charge in [0.15, 0.2) is 0 Å². The van der Waals surface area contributed by atoms with Crippen molar-refractivity contribution in [3.05, 3.63) is 169 Å². The molecular formula is C52H45N3O. The second kappa shape index (κ2) is 13.3. The molecule has 4 heteroatoms. The van der Waals surface area contributed by atoms with Gasteiger partial charge in [0.25, 0.3) is 0 Å². The first-order valence-corrected chi connectivity index (χ1v) is 19.4. The summed E-state index contributed by atoms with van der Waals surface area (Å²) in [5, 5.41) is 16.9. The molecule has 9 aromatic rings. The maximum Gasteiger partial charge on any atom is 0.149 e. The molecule has 0 spiro atoms. The number of phenolic OH excluding ortho intramolecular Hbond substituents is 1. The Labute approximate surface area is 328 Å². The number of fused-ring (bicyclic) bond motifs is 3. The Morgan fingerprint density at radius 3 is 1.96 bits per heavy atom. The van der Waals surface area contributed by atoms with Gasteiger partial charge in [-0.3, -0.25) is 9.55 Å². The van der Waals surface area contributed by atoms with Gasteiger partial charge in [-0.05, 0) is 80.1 Å². The minimum Gasteiger partial charge on any atom is -0.507 e. The topological polar surface area (TPSA) is 50.9 Å². The van der Waals surface area contributed by atoms with Crippen LogP contribution in [0.5, 0.6) is 5.75 Å². The number of rotatable bonds is 5. The van der Waals surface area contributed by atoms with Gasteiger partial charge < -0.3 is 5.11 Å². The third kappa shape index (κ3) is 6.02. The van der Waals surface area contributed by atoms with Crippen molar-refractivity contribution >= 4 is 32.6 Å². The lowest BCUT2D eigenvalue weighted by Gasteiger charge is -2.27. The van der Waals surface area contributed by atoms with E-state index in [2.05, 4.69) is 192 Å². The first-order valence-electron chi connectivity index (χ1n) is 19.4. The maximum absolute atomic E-state index is 12.3. The highest BCUT2D eigenvalue weighted by Gasteiger charge is 2.29. The Morgan fingerprint density at radius 2 is 1.20 bits per heavy atom. The van der Waals surface area contributed by atoms with Gasteiger partial charge >= 0.3 is 0 Å². The van der Waals surface area contributed by atoms with Crippen molar-refractivity contribution in [2.45, 2.75) is 52.4 Å². The van der Waals surface area contributed by atoms with Gasteiger partial charge in [0.2, 0.25) is 0 Å². The molecule has 0 aliphatic rings. The molecule has 0 aliphatic heterocycles. The van der Waals surface area contributed by atoms with Gasteiger partial charge in [0.05, 0.1) is 28.0 Å². The number of benzene rings is 7. The zero-order valence-corrected chi connectivity index (χ0v) is 32.8. The lowest BCUT2D eigenvalue weighted by Crippen LogP contribution is -2.17. The van der Waals surface area contributed by atoms with Crippen LogP contribution in [0.1, 0.15) is 52.7 Å². The second-order valence-electron chi connectivity index (χ2n) is 16.9. The Balaban J connectivity index is 1.38. The van der Waals surface area contributed by atoms with Gasteiger partial charge in [-0.1, -0.05) is 157 Å². The number of para-hydroxylation sites is 2. The third-order valence-electron chi connectivity index (χ3n) is 11.0. The molecule has 0 aliphatic carbocycles. The van der Waals surface area contributed by atoms with Gasteiger partial charge in [0.1, 0.15) is 11.6 Å². The van der Waals surface area contributed by atoms with Crippen LogP contribution in [-0.4, -0.2) is 19.6 Å². The molecule has 274 valence electrons. The molecule has 4 nitrogen and oxygen atoms in total. The smallest absolute Gasteiger partial charge is 0.149 e. The zero-order chi connectivity index (χ0) is 38.8. The van der Waals surface area contributed by atoms with Gasteiger partial charge in [-0.2, -0.15) is 0 Å². The number of imidazole rings is 1. The van der Waals surface area contributed by atoms with Crippen LogP contribution in [0, 0.1) is 0 Å². The zero-order valence-electron chi connectivity index (χ0n) is 32.8. The standard InChI is InChI=1S/C52H45N3O/c1-51(2,3)37-31-43(49(56)44(32-37)52(4,5)6)50-54-48-41(24-16-26-46(48)55(50)45-25-15-14-22-39(45)33-17-8-7-9-18-33)36-29-35-20-11-12-21-38(35)42(30-36)47-40-23-13-10-19-34(40)27-28-53-47/h7-32,56H,1-6H3. The summed E-state index contributed by atoms with van der Waals surface area (Å²) < 4.78 is 2.25. The number of phenols is 1. The van der Waals surface area contributed by atoms with E-state index in [1.807, 2.05) is 12.3 Å². The highest BCUT2D eigenvalue weighted by atomic mass is 16.3. The van der Waals surface area contributed by atoms with Crippen LogP contribution in [0.15, 0.2) is 158 Å². The summed E-state index contributed by atoms with van der Waals surface area (Å²) in [5.41, 5.74) is 11.4. The number of aromatic nitrogens is 3. The summed E-state index contributed by atoms with van der Waals surface area (Å²) in [6, 6.07) is 53.4. The van der Waals surface area contributed by atoms with E-state index >= 15 is 0 Å². The molecule has 2 heterocycles. The first kappa shape index (κ1) is 35.2. The van der Waals surface area contributed by atoms with Crippen LogP contribution in [0.4, 0.5) is 0 Å². The predicted octanol–water partition coefficient (Wildman–Crippen LogP) is 13.7. The Hall–Kier alpha value is -6.52. The van der Waals surface area contributed by atoms with E-state index in [0.717, 1.165) is 82.9 Å². The number of hydrogen-bond acceptors (Lipinski definition) is 3. The van der Waals surface area contributed by atoms with Crippen molar-refractivity contribution < 1.29 is 5.11 Å². The normalized spacial score (nSPS) is 12.2. The molecule has 56 heavy (non-hydrogen) atoms. The van der Waals surface area contributed by atoms with E-state index in [1.54, 1.807) is 0 Å². The fraction of sp³-hybridized carbons (Fsp3) is 0.154. The molecule has 0 bridgehead atoms. The van der Waals surface area contributed by atoms with Crippen LogP contribution in [0.2, 0.25) is 0 Å². The molecular weight excluding hydrogens is 683 g/mol. The first-order chi connectivity index (χ1) is 27.0. The number of hydrogen-bond donors (Lipinski definition) is 1. The monoisotopic (exact) mass is 727 g/mol. The van der Waals surface area contributed by atoms with E-state index in [9.17, 15) is 5.11 Å². The van der Waals surface area contributed by atoms with Crippen molar-refractivity contribution in [3.8, 4) is 56.3 Å². The van der Waals surface area contributed by atoms with Gasteiger partial charge in [0, 0.05) is 33.8 Å². The summed E-state index contributed by atoms with van der Waals surface area (Å²) in [4.78, 5) is 10.6. The summed E-state index contributed by atoms with van der Waals surface area (Å²) >= 11 is 0. The molecule has 0 amide bonds. The predicted molar refractivity (Wildman–Crippen MR) is 235 cm³/mol. The molecule has 7 aromatic carbocycles. The van der Waals surface area contributed by atoms with Crippen LogP contribution < -0.4 is 0 Å². The fourth-order valence-electron chi connectivity index (χ4n) is 8.09. The van der Waals surface area contributed by atoms with Crippen LogP contribution in [0.3, 0.4) is 0 Å². The molecule has 0 radical (unpaired) electrons. The van der Waals surface area contributed by atoms with Crippen LogP contribution in [0.25, 0.3) is 83.2 Å². The van der Waals surface area contributed by atoms with Crippen molar-refractivity contribution in [3.63, 3.8) is 0 Å². The molecule has 0 atom stereocenters. The van der Waals surface area contributed by atoms with Crippen molar-refractivity contribution in [1.82, 2.24) is 14.5 Å². The molecule has 0 saturated heterocycles. The Morgan fingerprint density at radius 1 is 0.518 bits per heavy atom. The van der Waals surface area contributed by atoms with Crippen LogP contribution >= 0.6 is 0 Å². The van der Waals surface area contributed by atoms with E-state index in [0.29, 0.717) is 11.4 Å². The number of aromatic hydroxyl groups is 1. The minimum atomic E-state index is -0.304. The summed E-state index contributed by atoms with van der Waals surface area (Å²) in [6.07, 6.45) is 1.90. The summed E-state index contributed by atoms with van der Waals surface area (Å²) in [7, 11) is 0. The number of nitrogens with zero attached hydrogens (tertiary/aromatic N) is 3. The number of pyridine rings is 1. The van der Waals surface area contributed by atoms with Crippen molar-refractivity contribution in [1.29, 1.82) is 0 Å². The molecule has 1 N–H and O–H groups in total. The van der Waals surface area contributed by atoms with E-state index < -0.39 is 0 Å².